The normalized spacial score (nSPS) is 14.7. The Morgan fingerprint density at radius 2 is 2.04 bits per heavy atom. The van der Waals surface area contributed by atoms with E-state index in [-0.39, 0.29) is 5.56 Å². The molecule has 0 spiro atoms. The average molecular weight is 365 g/mol. The Balaban J connectivity index is 1.86. The third-order valence-electron chi connectivity index (χ3n) is 4.70. The van der Waals surface area contributed by atoms with Gasteiger partial charge in [-0.2, -0.15) is 14.6 Å². The minimum absolute atomic E-state index is 0.318. The summed E-state index contributed by atoms with van der Waals surface area (Å²) in [6.07, 6.45) is 5.48. The zero-order chi connectivity index (χ0) is 18.3. The molecule has 0 bridgehead atoms. The molecule has 1 aliphatic rings. The van der Waals surface area contributed by atoms with E-state index < -0.39 is 0 Å². The molecule has 2 aromatic heterocycles. The zero-order valence-electron chi connectivity index (χ0n) is 14.6. The van der Waals surface area contributed by atoms with Crippen LogP contribution in [0.2, 0.25) is 0 Å². The van der Waals surface area contributed by atoms with Crippen molar-refractivity contribution in [2.24, 2.45) is 4.99 Å². The van der Waals surface area contributed by atoms with Gasteiger partial charge in [-0.25, -0.2) is 0 Å². The second-order valence-electron chi connectivity index (χ2n) is 6.24. The Morgan fingerprint density at radius 1 is 1.27 bits per heavy atom. The highest BCUT2D eigenvalue weighted by Crippen LogP contribution is 2.33. The molecule has 1 aromatic carbocycles. The summed E-state index contributed by atoms with van der Waals surface area (Å²) in [5, 5.41) is 5.58. The van der Waals surface area contributed by atoms with Gasteiger partial charge in [0.1, 0.15) is 10.8 Å². The van der Waals surface area contributed by atoms with Crippen LogP contribution in [0, 0.1) is 0 Å². The van der Waals surface area contributed by atoms with Crippen LogP contribution in [-0.2, 0) is 0 Å². The lowest BCUT2D eigenvalue weighted by atomic mass is 10.1. The van der Waals surface area contributed by atoms with Gasteiger partial charge in [-0.3, -0.25) is 9.79 Å². The Bertz CT molecular complexity index is 1100. The SMILES string of the molecule is CCC(CC)c1nn2c(N)c(C=C3C=Nc4ccccc43)c(=O)nc2s1. The third-order valence-corrected chi connectivity index (χ3v) is 5.77. The molecule has 26 heavy (non-hydrogen) atoms. The van der Waals surface area contributed by atoms with Crippen LogP contribution < -0.4 is 11.3 Å². The number of hydrogen-bond donors (Lipinski definition) is 1. The number of benzene rings is 1. The van der Waals surface area contributed by atoms with Gasteiger partial charge >= 0.3 is 0 Å². The monoisotopic (exact) mass is 365 g/mol. The highest BCUT2D eigenvalue weighted by atomic mass is 32.1. The number of nitrogen functional groups attached to an aromatic ring is 1. The maximum Gasteiger partial charge on any atom is 0.283 e. The molecule has 7 heteroatoms. The van der Waals surface area contributed by atoms with Crippen molar-refractivity contribution in [1.82, 2.24) is 14.6 Å². The third kappa shape index (κ3) is 2.64. The number of allylic oxidation sites excluding steroid dienone is 1. The minimum atomic E-state index is -0.340. The van der Waals surface area contributed by atoms with Crippen molar-refractivity contribution in [2.45, 2.75) is 32.6 Å². The van der Waals surface area contributed by atoms with E-state index in [4.69, 9.17) is 5.73 Å². The quantitative estimate of drug-likeness (QED) is 0.760. The van der Waals surface area contributed by atoms with E-state index in [0.717, 1.165) is 34.7 Å². The van der Waals surface area contributed by atoms with Crippen LogP contribution in [0.4, 0.5) is 11.5 Å². The van der Waals surface area contributed by atoms with Crippen molar-refractivity contribution < 1.29 is 0 Å². The molecule has 0 saturated heterocycles. The van der Waals surface area contributed by atoms with Gasteiger partial charge in [-0.15, -0.1) is 0 Å². The smallest absolute Gasteiger partial charge is 0.283 e. The fourth-order valence-corrected chi connectivity index (χ4v) is 4.31. The molecule has 0 unspecified atom stereocenters. The number of hydrogen-bond acceptors (Lipinski definition) is 6. The summed E-state index contributed by atoms with van der Waals surface area (Å²) in [5.74, 6) is 0.672. The number of aromatic nitrogens is 3. The Labute approximate surface area is 154 Å². The van der Waals surface area contributed by atoms with E-state index >= 15 is 0 Å². The van der Waals surface area contributed by atoms with Crippen molar-refractivity contribution in [3.63, 3.8) is 0 Å². The van der Waals surface area contributed by atoms with Crippen LogP contribution in [0.3, 0.4) is 0 Å². The number of nitrogens with two attached hydrogens (primary N) is 1. The molecular formula is C19H19N5OS. The van der Waals surface area contributed by atoms with Gasteiger partial charge in [0.2, 0.25) is 4.96 Å². The van der Waals surface area contributed by atoms with Gasteiger partial charge in [-0.1, -0.05) is 43.4 Å². The maximum absolute atomic E-state index is 12.6. The Kier molecular flexibility index (Phi) is 4.16. The molecule has 132 valence electrons. The van der Waals surface area contributed by atoms with E-state index in [2.05, 4.69) is 28.9 Å². The van der Waals surface area contributed by atoms with Gasteiger partial charge < -0.3 is 5.73 Å². The number of rotatable bonds is 4. The molecule has 0 aliphatic carbocycles. The van der Waals surface area contributed by atoms with Crippen molar-refractivity contribution in [2.75, 3.05) is 5.73 Å². The summed E-state index contributed by atoms with van der Waals surface area (Å²) >= 11 is 1.44. The minimum Gasteiger partial charge on any atom is -0.383 e. The van der Waals surface area contributed by atoms with Crippen LogP contribution in [0.1, 0.15) is 48.7 Å². The topological polar surface area (TPSA) is 85.6 Å². The fraction of sp³-hybridized carbons (Fsp3) is 0.263. The molecule has 3 aromatic rings. The Hall–Kier alpha value is -2.80. The maximum atomic E-state index is 12.6. The average Bonchev–Trinajstić information content (AvgIpc) is 3.24. The molecular weight excluding hydrogens is 346 g/mol. The first kappa shape index (κ1) is 16.7. The lowest BCUT2D eigenvalue weighted by Gasteiger charge is -2.06. The second kappa shape index (κ2) is 6.49. The largest absolute Gasteiger partial charge is 0.383 e. The van der Waals surface area contributed by atoms with Gasteiger partial charge in [0, 0.05) is 23.3 Å². The molecule has 4 rings (SSSR count). The van der Waals surface area contributed by atoms with Gasteiger partial charge in [-0.05, 0) is 25.0 Å². The van der Waals surface area contributed by atoms with E-state index in [1.165, 1.54) is 11.3 Å². The summed E-state index contributed by atoms with van der Waals surface area (Å²) in [7, 11) is 0. The van der Waals surface area contributed by atoms with E-state index in [1.807, 2.05) is 24.3 Å². The second-order valence-corrected chi connectivity index (χ2v) is 7.23. The summed E-state index contributed by atoms with van der Waals surface area (Å²) < 4.78 is 1.59. The predicted octanol–water partition coefficient (Wildman–Crippen LogP) is 3.89. The molecule has 0 radical (unpaired) electrons. The van der Waals surface area contributed by atoms with E-state index in [9.17, 15) is 4.79 Å². The van der Waals surface area contributed by atoms with Gasteiger partial charge in [0.05, 0.1) is 11.3 Å². The summed E-state index contributed by atoms with van der Waals surface area (Å²) in [6.45, 7) is 4.26. The highest BCUT2D eigenvalue weighted by Gasteiger charge is 2.19. The van der Waals surface area contributed by atoms with Gasteiger partial charge in [0.25, 0.3) is 5.56 Å². The van der Waals surface area contributed by atoms with E-state index in [1.54, 1.807) is 16.8 Å². The van der Waals surface area contributed by atoms with Crippen molar-refractivity contribution in [1.29, 1.82) is 0 Å². The van der Waals surface area contributed by atoms with Crippen LogP contribution >= 0.6 is 11.3 Å². The molecule has 1 aliphatic heterocycles. The Morgan fingerprint density at radius 3 is 2.81 bits per heavy atom. The van der Waals surface area contributed by atoms with E-state index in [0.29, 0.717) is 22.3 Å². The predicted molar refractivity (Wildman–Crippen MR) is 107 cm³/mol. The number of anilines is 1. The highest BCUT2D eigenvalue weighted by molar-refractivity contribution is 7.16. The number of fused-ring (bicyclic) bond motifs is 2. The first-order chi connectivity index (χ1) is 12.6. The summed E-state index contributed by atoms with van der Waals surface area (Å²) in [6, 6.07) is 7.79. The standard InChI is InChI=1S/C19H19N5OS/c1-3-11(4-2)18-23-24-16(20)14(17(25)22-19(24)26-18)9-12-10-21-15-8-6-5-7-13(12)15/h5-11H,3-4,20H2,1-2H3. The number of nitrogens with zero attached hydrogens (tertiary/aromatic N) is 4. The number of para-hydroxylation sites is 1. The van der Waals surface area contributed by atoms with Gasteiger partial charge in [0.15, 0.2) is 0 Å². The molecule has 2 N–H and O–H groups in total. The summed E-state index contributed by atoms with van der Waals surface area (Å²) in [5.41, 5.74) is 9.01. The molecule has 0 fully saturated rings. The zero-order valence-corrected chi connectivity index (χ0v) is 15.5. The fourth-order valence-electron chi connectivity index (χ4n) is 3.14. The molecule has 0 saturated carbocycles. The summed E-state index contributed by atoms with van der Waals surface area (Å²) in [4.78, 5) is 21.7. The van der Waals surface area contributed by atoms with Crippen LogP contribution in [-0.4, -0.2) is 20.8 Å². The molecule has 3 heterocycles. The van der Waals surface area contributed by atoms with Crippen molar-refractivity contribution in [3.8, 4) is 0 Å². The van der Waals surface area contributed by atoms with Crippen molar-refractivity contribution >= 4 is 45.7 Å². The molecule has 0 amide bonds. The molecule has 6 nitrogen and oxygen atoms in total. The van der Waals surface area contributed by atoms with Crippen molar-refractivity contribution in [3.05, 3.63) is 50.8 Å². The lowest BCUT2D eigenvalue weighted by Crippen LogP contribution is -2.16. The van der Waals surface area contributed by atoms with Crippen LogP contribution in [0.25, 0.3) is 16.6 Å². The first-order valence-corrected chi connectivity index (χ1v) is 9.48. The van der Waals surface area contributed by atoms with Crippen LogP contribution in [0.5, 0.6) is 0 Å². The number of aliphatic imine (C=N–C) groups is 1. The first-order valence-electron chi connectivity index (χ1n) is 8.66. The molecule has 0 atom stereocenters. The lowest BCUT2D eigenvalue weighted by molar-refractivity contribution is 0.626. The van der Waals surface area contributed by atoms with Crippen LogP contribution in [0.15, 0.2) is 34.1 Å².